The third kappa shape index (κ3) is 4.57. The maximum absolute atomic E-state index is 11.9. The molecule has 2 heterocycles. The number of pyridine rings is 1. The number of aromatic amines is 1. The van der Waals surface area contributed by atoms with Gasteiger partial charge >= 0.3 is 0 Å². The molecule has 3 rings (SSSR count). The molecule has 0 fully saturated rings. The first-order valence-electron chi connectivity index (χ1n) is 8.67. The Morgan fingerprint density at radius 2 is 2.25 bits per heavy atom. The fraction of sp³-hybridized carbons (Fsp3) is 0.500. The molecule has 1 amide bonds. The molecule has 0 radical (unpaired) electrons. The lowest BCUT2D eigenvalue weighted by molar-refractivity contribution is -0.121. The number of carbonyl (C=O) groups excluding carboxylic acids is 1. The van der Waals surface area contributed by atoms with Crippen LogP contribution >= 0.6 is 0 Å². The lowest BCUT2D eigenvalue weighted by Crippen LogP contribution is -2.26. The highest BCUT2D eigenvalue weighted by atomic mass is 16.5. The van der Waals surface area contributed by atoms with E-state index < -0.39 is 0 Å². The number of carbonyl (C=O) groups is 1. The van der Waals surface area contributed by atoms with Crippen LogP contribution in [0.2, 0.25) is 0 Å². The molecule has 0 saturated carbocycles. The van der Waals surface area contributed by atoms with E-state index in [0.717, 1.165) is 30.7 Å². The summed E-state index contributed by atoms with van der Waals surface area (Å²) < 4.78 is 5.54. The summed E-state index contributed by atoms with van der Waals surface area (Å²) in [6, 6.07) is 3.71. The number of aromatic nitrogens is 3. The Morgan fingerprint density at radius 3 is 3.12 bits per heavy atom. The molecule has 0 atom stereocenters. The summed E-state index contributed by atoms with van der Waals surface area (Å²) >= 11 is 0. The van der Waals surface area contributed by atoms with Crippen molar-refractivity contribution in [1.82, 2.24) is 20.5 Å². The standard InChI is InChI=1S/C18H24N4O2/c23-18(20-11-4-12-24-14-5-3-10-19-13-14)9-8-17-15-6-1-2-7-16(15)21-22-17/h3,5,10,13H,1-2,4,6-9,11-12H2,(H,20,23)(H,21,22). The van der Waals surface area contributed by atoms with Gasteiger partial charge < -0.3 is 10.1 Å². The van der Waals surface area contributed by atoms with Gasteiger partial charge in [-0.25, -0.2) is 0 Å². The van der Waals surface area contributed by atoms with E-state index in [1.165, 1.54) is 24.1 Å². The quantitative estimate of drug-likeness (QED) is 0.728. The SMILES string of the molecule is O=C(CCc1n[nH]c2c1CCCC2)NCCCOc1cccnc1. The largest absolute Gasteiger partial charge is 0.492 e. The summed E-state index contributed by atoms with van der Waals surface area (Å²) in [6.07, 6.45) is 10.0. The molecule has 0 aromatic carbocycles. The Morgan fingerprint density at radius 1 is 1.33 bits per heavy atom. The minimum atomic E-state index is 0.0731. The first-order chi connectivity index (χ1) is 11.8. The number of nitrogens with one attached hydrogen (secondary N) is 2. The van der Waals surface area contributed by atoms with Gasteiger partial charge in [0, 0.05) is 31.3 Å². The number of rotatable bonds is 8. The van der Waals surface area contributed by atoms with E-state index in [9.17, 15) is 4.79 Å². The highest BCUT2D eigenvalue weighted by molar-refractivity contribution is 5.76. The third-order valence-electron chi connectivity index (χ3n) is 4.28. The van der Waals surface area contributed by atoms with Crippen molar-refractivity contribution in [2.45, 2.75) is 44.9 Å². The molecule has 0 saturated heterocycles. The first-order valence-corrected chi connectivity index (χ1v) is 8.67. The Kier molecular flexibility index (Phi) is 5.82. The number of hydrogen-bond donors (Lipinski definition) is 2. The van der Waals surface area contributed by atoms with Gasteiger partial charge in [0.1, 0.15) is 5.75 Å². The zero-order valence-electron chi connectivity index (χ0n) is 13.9. The van der Waals surface area contributed by atoms with E-state index in [0.29, 0.717) is 26.0 Å². The minimum Gasteiger partial charge on any atom is -0.492 e. The highest BCUT2D eigenvalue weighted by Gasteiger charge is 2.17. The number of ether oxygens (including phenoxy) is 1. The fourth-order valence-electron chi connectivity index (χ4n) is 3.00. The molecule has 6 nitrogen and oxygen atoms in total. The fourth-order valence-corrected chi connectivity index (χ4v) is 3.00. The van der Waals surface area contributed by atoms with Crippen molar-refractivity contribution in [1.29, 1.82) is 0 Å². The molecule has 0 aliphatic heterocycles. The lowest BCUT2D eigenvalue weighted by atomic mass is 9.95. The molecule has 2 aromatic rings. The Bertz CT molecular complexity index is 654. The monoisotopic (exact) mass is 328 g/mol. The van der Waals surface area contributed by atoms with Gasteiger partial charge in [-0.05, 0) is 49.8 Å². The third-order valence-corrected chi connectivity index (χ3v) is 4.28. The predicted octanol–water partition coefficient (Wildman–Crippen LogP) is 2.20. The van der Waals surface area contributed by atoms with Crippen LogP contribution in [-0.2, 0) is 24.1 Å². The number of fused-ring (bicyclic) bond motifs is 1. The van der Waals surface area contributed by atoms with E-state index in [-0.39, 0.29) is 5.91 Å². The second-order valence-electron chi connectivity index (χ2n) is 6.08. The summed E-state index contributed by atoms with van der Waals surface area (Å²) in [5, 5.41) is 10.4. The molecule has 24 heavy (non-hydrogen) atoms. The Balaban J connectivity index is 1.31. The summed E-state index contributed by atoms with van der Waals surface area (Å²) in [5.41, 5.74) is 3.68. The Labute approximate surface area is 142 Å². The summed E-state index contributed by atoms with van der Waals surface area (Å²) in [5.74, 6) is 0.830. The minimum absolute atomic E-state index is 0.0731. The molecule has 1 aliphatic carbocycles. The van der Waals surface area contributed by atoms with Crippen LogP contribution in [-0.4, -0.2) is 34.2 Å². The average Bonchev–Trinajstić information content (AvgIpc) is 3.04. The molecule has 0 bridgehead atoms. The van der Waals surface area contributed by atoms with Crippen molar-refractivity contribution in [3.05, 3.63) is 41.5 Å². The molecule has 2 aromatic heterocycles. The number of aryl methyl sites for hydroxylation is 2. The van der Waals surface area contributed by atoms with Gasteiger partial charge in [0.25, 0.3) is 0 Å². The van der Waals surface area contributed by atoms with Crippen molar-refractivity contribution in [3.63, 3.8) is 0 Å². The van der Waals surface area contributed by atoms with Gasteiger partial charge in [0.05, 0.1) is 18.5 Å². The topological polar surface area (TPSA) is 79.9 Å². The van der Waals surface area contributed by atoms with E-state index in [2.05, 4.69) is 20.5 Å². The zero-order chi connectivity index (χ0) is 16.6. The number of hydrogen-bond acceptors (Lipinski definition) is 4. The number of amides is 1. The predicted molar refractivity (Wildman–Crippen MR) is 90.9 cm³/mol. The van der Waals surface area contributed by atoms with Crippen molar-refractivity contribution in [2.75, 3.05) is 13.2 Å². The van der Waals surface area contributed by atoms with Crippen LogP contribution < -0.4 is 10.1 Å². The normalized spacial score (nSPS) is 13.3. The van der Waals surface area contributed by atoms with Crippen molar-refractivity contribution in [2.24, 2.45) is 0 Å². The van der Waals surface area contributed by atoms with Gasteiger partial charge in [-0.15, -0.1) is 0 Å². The van der Waals surface area contributed by atoms with Gasteiger partial charge in [-0.3, -0.25) is 14.9 Å². The van der Waals surface area contributed by atoms with Crippen LogP contribution in [0, 0.1) is 0 Å². The smallest absolute Gasteiger partial charge is 0.220 e. The van der Waals surface area contributed by atoms with Crippen LogP contribution in [0.25, 0.3) is 0 Å². The van der Waals surface area contributed by atoms with Crippen molar-refractivity contribution >= 4 is 5.91 Å². The summed E-state index contributed by atoms with van der Waals surface area (Å²) in [4.78, 5) is 15.9. The van der Waals surface area contributed by atoms with E-state index in [1.54, 1.807) is 12.4 Å². The molecular formula is C18H24N4O2. The van der Waals surface area contributed by atoms with E-state index in [4.69, 9.17) is 4.74 Å². The second kappa shape index (κ2) is 8.47. The van der Waals surface area contributed by atoms with Crippen LogP contribution in [0.4, 0.5) is 0 Å². The van der Waals surface area contributed by atoms with Crippen LogP contribution in [0.1, 0.15) is 42.6 Å². The summed E-state index contributed by atoms with van der Waals surface area (Å²) in [7, 11) is 0. The van der Waals surface area contributed by atoms with Gasteiger partial charge in [-0.1, -0.05) is 0 Å². The highest BCUT2D eigenvalue weighted by Crippen LogP contribution is 2.22. The lowest BCUT2D eigenvalue weighted by Gasteiger charge is -2.11. The van der Waals surface area contributed by atoms with Crippen molar-refractivity contribution < 1.29 is 9.53 Å². The zero-order valence-corrected chi connectivity index (χ0v) is 13.9. The Hall–Kier alpha value is -2.37. The van der Waals surface area contributed by atoms with Crippen LogP contribution in [0.5, 0.6) is 5.75 Å². The van der Waals surface area contributed by atoms with Gasteiger partial charge in [-0.2, -0.15) is 5.10 Å². The van der Waals surface area contributed by atoms with Gasteiger partial charge in [0.2, 0.25) is 5.91 Å². The maximum Gasteiger partial charge on any atom is 0.220 e. The molecule has 1 aliphatic rings. The van der Waals surface area contributed by atoms with E-state index >= 15 is 0 Å². The van der Waals surface area contributed by atoms with Crippen LogP contribution in [0.15, 0.2) is 24.5 Å². The molecule has 0 spiro atoms. The number of H-pyrrole nitrogens is 1. The number of nitrogens with zero attached hydrogens (tertiary/aromatic N) is 2. The second-order valence-corrected chi connectivity index (χ2v) is 6.08. The summed E-state index contributed by atoms with van der Waals surface area (Å²) in [6.45, 7) is 1.19. The molecule has 0 unspecified atom stereocenters. The maximum atomic E-state index is 11.9. The molecule has 6 heteroatoms. The molecule has 2 N–H and O–H groups in total. The molecule has 128 valence electrons. The van der Waals surface area contributed by atoms with Crippen LogP contribution in [0.3, 0.4) is 0 Å². The van der Waals surface area contributed by atoms with Gasteiger partial charge in [0.15, 0.2) is 0 Å². The van der Waals surface area contributed by atoms with E-state index in [1.807, 2.05) is 12.1 Å². The van der Waals surface area contributed by atoms with Crippen molar-refractivity contribution in [3.8, 4) is 5.75 Å². The average molecular weight is 328 g/mol. The molecular weight excluding hydrogens is 304 g/mol. The first kappa shape index (κ1) is 16.5.